The van der Waals surface area contributed by atoms with Gasteiger partial charge >= 0.3 is 0 Å². The molecule has 6 nitrogen and oxygen atoms in total. The minimum absolute atomic E-state index is 0.135. The Morgan fingerprint density at radius 2 is 1.32 bits per heavy atom. The normalized spacial score (nSPS) is 11.2. The van der Waals surface area contributed by atoms with E-state index in [1.807, 2.05) is 12.2 Å². The molecule has 2 N–H and O–H groups in total. The van der Waals surface area contributed by atoms with Crippen molar-refractivity contribution in [3.8, 4) is 0 Å². The van der Waals surface area contributed by atoms with Gasteiger partial charge in [0.05, 0.1) is 0 Å². The van der Waals surface area contributed by atoms with E-state index in [0.717, 1.165) is 0 Å². The van der Waals surface area contributed by atoms with Crippen LogP contribution in [0.4, 0.5) is 0 Å². The molecular weight excluding hydrogens is 320 g/mol. The second-order valence-corrected chi connectivity index (χ2v) is 6.49. The highest BCUT2D eigenvalue weighted by atomic mass is 32.2. The van der Waals surface area contributed by atoms with E-state index in [2.05, 4.69) is 19.9 Å². The third-order valence-electron chi connectivity index (χ3n) is 2.50. The molecule has 0 aliphatic rings. The number of hydrogen-bond donors (Lipinski definition) is 2. The molecule has 2 heterocycles. The van der Waals surface area contributed by atoms with Crippen LogP contribution in [0.15, 0.2) is 44.2 Å². The largest absolute Gasteiger partial charge is 0.301 e. The van der Waals surface area contributed by atoms with Crippen molar-refractivity contribution in [2.24, 2.45) is 0 Å². The number of aromatic nitrogens is 4. The first-order valence-corrected chi connectivity index (χ1v) is 8.56. The van der Waals surface area contributed by atoms with Crippen molar-refractivity contribution in [3.63, 3.8) is 0 Å². The summed E-state index contributed by atoms with van der Waals surface area (Å²) in [5.41, 5.74) is 1.15. The van der Waals surface area contributed by atoms with Gasteiger partial charge in [-0.05, 0) is 13.8 Å². The summed E-state index contributed by atoms with van der Waals surface area (Å²) in [6, 6.07) is 2.93. The van der Waals surface area contributed by atoms with Gasteiger partial charge in [-0.2, -0.15) is 0 Å². The van der Waals surface area contributed by atoms with Crippen molar-refractivity contribution in [2.45, 2.75) is 24.2 Å². The van der Waals surface area contributed by atoms with E-state index in [9.17, 15) is 9.59 Å². The van der Waals surface area contributed by atoms with Crippen LogP contribution < -0.4 is 11.1 Å². The van der Waals surface area contributed by atoms with E-state index in [-0.39, 0.29) is 11.1 Å². The monoisotopic (exact) mass is 336 g/mol. The van der Waals surface area contributed by atoms with Crippen LogP contribution in [0.3, 0.4) is 0 Å². The predicted octanol–water partition coefficient (Wildman–Crippen LogP) is 1.91. The highest BCUT2D eigenvalue weighted by Gasteiger charge is 1.98. The van der Waals surface area contributed by atoms with Gasteiger partial charge in [-0.1, -0.05) is 35.7 Å². The first-order valence-electron chi connectivity index (χ1n) is 6.59. The van der Waals surface area contributed by atoms with Crippen LogP contribution in [0.5, 0.6) is 0 Å². The number of hydrogen-bond acceptors (Lipinski definition) is 6. The number of thioether (sulfide) groups is 2. The van der Waals surface area contributed by atoms with E-state index in [1.54, 1.807) is 13.8 Å². The van der Waals surface area contributed by atoms with Crippen LogP contribution in [0.1, 0.15) is 11.4 Å². The summed E-state index contributed by atoms with van der Waals surface area (Å²) in [4.78, 5) is 36.4. The summed E-state index contributed by atoms with van der Waals surface area (Å²) in [5, 5.41) is 1.24. The number of aromatic amines is 2. The zero-order valence-corrected chi connectivity index (χ0v) is 13.9. The molecule has 0 fully saturated rings. The van der Waals surface area contributed by atoms with Crippen LogP contribution in [0.25, 0.3) is 0 Å². The smallest absolute Gasteiger partial charge is 0.251 e. The second-order valence-electron chi connectivity index (χ2n) is 4.48. The van der Waals surface area contributed by atoms with E-state index >= 15 is 0 Å². The van der Waals surface area contributed by atoms with Gasteiger partial charge in [-0.3, -0.25) is 9.59 Å². The lowest BCUT2D eigenvalue weighted by Gasteiger charge is -1.99. The average Bonchev–Trinajstić information content (AvgIpc) is 2.40. The lowest BCUT2D eigenvalue weighted by atomic mass is 10.5. The van der Waals surface area contributed by atoms with Gasteiger partial charge in [0.15, 0.2) is 10.3 Å². The molecule has 0 amide bonds. The Kier molecular flexibility index (Phi) is 6.02. The van der Waals surface area contributed by atoms with Crippen LogP contribution in [0.2, 0.25) is 0 Å². The number of H-pyrrole nitrogens is 2. The Balaban J connectivity index is 1.78. The summed E-state index contributed by atoms with van der Waals surface area (Å²) < 4.78 is 0. The standard InChI is InChI=1S/C14H16N4O2S2/c1-9-7-11(19)17-13(15-9)21-5-3-4-6-22-14-16-10(2)8-12(20)18-14/h3-4,7-8H,5-6H2,1-2H3,(H,15,17,19)(H,16,18,20)/b4-3+. The Labute approximate surface area is 135 Å². The van der Waals surface area contributed by atoms with E-state index < -0.39 is 0 Å². The number of rotatable bonds is 6. The first-order chi connectivity index (χ1) is 10.5. The molecule has 0 aliphatic carbocycles. The van der Waals surface area contributed by atoms with Crippen molar-refractivity contribution in [1.29, 1.82) is 0 Å². The summed E-state index contributed by atoms with van der Waals surface area (Å²) in [6.07, 6.45) is 3.99. The fourth-order valence-electron chi connectivity index (χ4n) is 1.63. The van der Waals surface area contributed by atoms with Crippen molar-refractivity contribution in [1.82, 2.24) is 19.9 Å². The first kappa shape index (κ1) is 16.6. The Hall–Kier alpha value is -1.80. The summed E-state index contributed by atoms with van der Waals surface area (Å²) in [5.74, 6) is 1.43. The van der Waals surface area contributed by atoms with Gasteiger partial charge in [0.2, 0.25) is 0 Å². The summed E-state index contributed by atoms with van der Waals surface area (Å²) in [7, 11) is 0. The topological polar surface area (TPSA) is 91.5 Å². The van der Waals surface area contributed by atoms with Gasteiger partial charge in [0.25, 0.3) is 11.1 Å². The second kappa shape index (κ2) is 8.00. The van der Waals surface area contributed by atoms with Crippen LogP contribution >= 0.6 is 23.5 Å². The fourth-order valence-corrected chi connectivity index (χ4v) is 3.17. The molecule has 0 bridgehead atoms. The quantitative estimate of drug-likeness (QED) is 0.476. The summed E-state index contributed by atoms with van der Waals surface area (Å²) in [6.45, 7) is 3.59. The molecule has 116 valence electrons. The molecule has 0 radical (unpaired) electrons. The molecule has 2 rings (SSSR count). The van der Waals surface area contributed by atoms with Crippen LogP contribution in [-0.2, 0) is 0 Å². The molecule has 2 aromatic rings. The number of nitrogens with zero attached hydrogens (tertiary/aromatic N) is 2. The minimum atomic E-state index is -0.135. The minimum Gasteiger partial charge on any atom is -0.301 e. The maximum Gasteiger partial charge on any atom is 0.251 e. The fraction of sp³-hybridized carbons (Fsp3) is 0.286. The Bertz CT molecular complexity index is 717. The molecule has 0 saturated carbocycles. The lowest BCUT2D eigenvalue weighted by molar-refractivity contribution is 0.906. The van der Waals surface area contributed by atoms with E-state index in [1.165, 1.54) is 35.7 Å². The zero-order chi connectivity index (χ0) is 15.9. The molecule has 0 atom stereocenters. The van der Waals surface area contributed by atoms with Crippen molar-refractivity contribution in [3.05, 3.63) is 56.4 Å². The molecular formula is C14H16N4O2S2. The third kappa shape index (κ3) is 5.53. The van der Waals surface area contributed by atoms with Gasteiger partial charge in [-0.15, -0.1) is 0 Å². The van der Waals surface area contributed by atoms with Gasteiger partial charge < -0.3 is 9.97 Å². The zero-order valence-electron chi connectivity index (χ0n) is 12.3. The maximum atomic E-state index is 11.3. The van der Waals surface area contributed by atoms with Crippen molar-refractivity contribution < 1.29 is 0 Å². The number of nitrogens with one attached hydrogen (secondary N) is 2. The Morgan fingerprint density at radius 1 is 0.909 bits per heavy atom. The summed E-state index contributed by atoms with van der Waals surface area (Å²) >= 11 is 2.93. The van der Waals surface area contributed by atoms with Crippen molar-refractivity contribution in [2.75, 3.05) is 11.5 Å². The Morgan fingerprint density at radius 3 is 1.68 bits per heavy atom. The third-order valence-corrected chi connectivity index (χ3v) is 4.15. The maximum absolute atomic E-state index is 11.3. The van der Waals surface area contributed by atoms with Gasteiger partial charge in [-0.25, -0.2) is 9.97 Å². The molecule has 0 spiro atoms. The van der Waals surface area contributed by atoms with Gasteiger partial charge in [0, 0.05) is 35.0 Å². The van der Waals surface area contributed by atoms with Crippen LogP contribution in [0, 0.1) is 13.8 Å². The predicted molar refractivity (Wildman–Crippen MR) is 89.8 cm³/mol. The molecule has 2 aromatic heterocycles. The van der Waals surface area contributed by atoms with Crippen LogP contribution in [-0.4, -0.2) is 31.4 Å². The van der Waals surface area contributed by atoms with Crippen molar-refractivity contribution >= 4 is 23.5 Å². The molecule has 8 heteroatoms. The molecule has 0 aromatic carbocycles. The SMILES string of the molecule is Cc1cc(=O)[nH]c(SC/C=C/CSc2nc(C)cc(=O)[nH]2)n1. The highest BCUT2D eigenvalue weighted by Crippen LogP contribution is 2.13. The van der Waals surface area contributed by atoms with Gasteiger partial charge in [0.1, 0.15) is 0 Å². The lowest BCUT2D eigenvalue weighted by Crippen LogP contribution is -2.08. The number of aryl methyl sites for hydroxylation is 2. The van der Waals surface area contributed by atoms with E-state index in [4.69, 9.17) is 0 Å². The molecule has 0 saturated heterocycles. The highest BCUT2D eigenvalue weighted by molar-refractivity contribution is 7.99. The average molecular weight is 336 g/mol. The molecule has 22 heavy (non-hydrogen) atoms. The molecule has 0 unspecified atom stereocenters. The molecule has 0 aliphatic heterocycles. The van der Waals surface area contributed by atoms with E-state index in [0.29, 0.717) is 33.2 Å².